The van der Waals surface area contributed by atoms with Crippen molar-refractivity contribution in [1.29, 1.82) is 0 Å². The van der Waals surface area contributed by atoms with E-state index in [1.807, 2.05) is 24.4 Å². The molecule has 4 rings (SSSR count). The zero-order valence-electron chi connectivity index (χ0n) is 11.1. The van der Waals surface area contributed by atoms with Crippen molar-refractivity contribution < 1.29 is 0 Å². The molecule has 0 radical (unpaired) electrons. The minimum Gasteiger partial charge on any atom is -0.254 e. The second kappa shape index (κ2) is 4.93. The fraction of sp³-hybridized carbons (Fsp3) is 0. The maximum atomic E-state index is 4.83. The summed E-state index contributed by atoms with van der Waals surface area (Å²) in [5, 5.41) is 2.23. The van der Waals surface area contributed by atoms with Crippen LogP contribution < -0.4 is 0 Å². The molecule has 0 saturated carbocycles. The van der Waals surface area contributed by atoms with Crippen LogP contribution in [0.1, 0.15) is 0 Å². The van der Waals surface area contributed by atoms with Gasteiger partial charge in [0.15, 0.2) is 0 Å². The van der Waals surface area contributed by atoms with Crippen LogP contribution in [0.2, 0.25) is 0 Å². The second-order valence-corrected chi connectivity index (χ2v) is 5.83. The first-order chi connectivity index (χ1) is 10.3. The number of pyridine rings is 2. The Morgan fingerprint density at radius 2 is 1.57 bits per heavy atom. The van der Waals surface area contributed by atoms with Gasteiger partial charge in [-0.05, 0) is 24.3 Å². The summed E-state index contributed by atoms with van der Waals surface area (Å²) in [6.45, 7) is 0. The van der Waals surface area contributed by atoms with Gasteiger partial charge in [0.25, 0.3) is 0 Å². The first-order valence-electron chi connectivity index (χ1n) is 6.72. The second-order valence-electron chi connectivity index (χ2n) is 4.92. The lowest BCUT2D eigenvalue weighted by Crippen LogP contribution is -1.88. The van der Waals surface area contributed by atoms with Gasteiger partial charge in [-0.3, -0.25) is 4.98 Å². The third kappa shape index (κ3) is 2.20. The molecule has 0 atom stereocenters. The van der Waals surface area contributed by atoms with Crippen LogP contribution in [-0.2, 0) is 0 Å². The van der Waals surface area contributed by atoms with Crippen LogP contribution >= 0.6 is 15.9 Å². The van der Waals surface area contributed by atoms with E-state index in [-0.39, 0.29) is 0 Å². The molecule has 2 nitrogen and oxygen atoms in total. The summed E-state index contributed by atoms with van der Waals surface area (Å²) < 4.78 is 1.05. The van der Waals surface area contributed by atoms with Crippen LogP contribution in [0.5, 0.6) is 0 Å². The molecule has 0 bridgehead atoms. The zero-order valence-corrected chi connectivity index (χ0v) is 12.7. The van der Waals surface area contributed by atoms with E-state index in [0.29, 0.717) is 0 Å². The van der Waals surface area contributed by atoms with Gasteiger partial charge < -0.3 is 0 Å². The Balaban J connectivity index is 2.02. The summed E-state index contributed by atoms with van der Waals surface area (Å²) in [7, 11) is 0. The van der Waals surface area contributed by atoms with E-state index in [9.17, 15) is 0 Å². The number of hydrogen-bond donors (Lipinski definition) is 0. The molecule has 0 fully saturated rings. The fourth-order valence-corrected chi connectivity index (χ4v) is 2.93. The van der Waals surface area contributed by atoms with Gasteiger partial charge in [0.1, 0.15) is 0 Å². The number of aromatic nitrogens is 2. The smallest absolute Gasteiger partial charge is 0.0972 e. The van der Waals surface area contributed by atoms with Gasteiger partial charge in [0, 0.05) is 27.0 Å². The summed E-state index contributed by atoms with van der Waals surface area (Å²) >= 11 is 3.51. The Hall–Kier alpha value is -2.26. The molecule has 2 aromatic carbocycles. The number of benzene rings is 2. The normalized spacial score (nSPS) is 11.1. The van der Waals surface area contributed by atoms with Gasteiger partial charge in [-0.25, -0.2) is 4.98 Å². The molecule has 2 aromatic heterocycles. The van der Waals surface area contributed by atoms with Gasteiger partial charge in [-0.15, -0.1) is 0 Å². The van der Waals surface area contributed by atoms with Crippen molar-refractivity contribution in [2.45, 2.75) is 0 Å². The van der Waals surface area contributed by atoms with Crippen LogP contribution in [0.25, 0.3) is 33.1 Å². The lowest BCUT2D eigenvalue weighted by molar-refractivity contribution is 1.37. The number of hydrogen-bond acceptors (Lipinski definition) is 2. The van der Waals surface area contributed by atoms with Gasteiger partial charge in [-0.1, -0.05) is 52.3 Å². The number of fused-ring (bicyclic) bond motifs is 3. The minimum atomic E-state index is 0.950. The maximum absolute atomic E-state index is 4.83. The van der Waals surface area contributed by atoms with Crippen LogP contribution in [0.4, 0.5) is 0 Å². The minimum absolute atomic E-state index is 0.950. The zero-order chi connectivity index (χ0) is 14.2. The molecule has 0 saturated heterocycles. The molecule has 2 heterocycles. The van der Waals surface area contributed by atoms with Gasteiger partial charge in [-0.2, -0.15) is 0 Å². The predicted molar refractivity (Wildman–Crippen MR) is 90.2 cm³/mol. The quantitative estimate of drug-likeness (QED) is 0.446. The molecule has 0 aliphatic carbocycles. The summed E-state index contributed by atoms with van der Waals surface area (Å²) in [5.74, 6) is 0. The lowest BCUT2D eigenvalue weighted by Gasteiger charge is -2.06. The third-order valence-corrected chi connectivity index (χ3v) is 4.05. The van der Waals surface area contributed by atoms with Crippen LogP contribution in [0.15, 0.2) is 71.3 Å². The van der Waals surface area contributed by atoms with E-state index in [0.717, 1.165) is 37.5 Å². The Kier molecular flexibility index (Phi) is 2.93. The number of nitrogens with zero attached hydrogens (tertiary/aromatic N) is 2. The number of halogens is 1. The summed E-state index contributed by atoms with van der Waals surface area (Å²) in [5.41, 5.74) is 3.96. The Labute approximate surface area is 130 Å². The maximum Gasteiger partial charge on any atom is 0.0972 e. The molecular weight excluding hydrogens is 324 g/mol. The fourth-order valence-electron chi connectivity index (χ4n) is 2.53. The first kappa shape index (κ1) is 12.5. The monoisotopic (exact) mass is 334 g/mol. The number of rotatable bonds is 1. The molecular formula is C18H11BrN2. The highest BCUT2D eigenvalue weighted by Gasteiger charge is 2.06. The van der Waals surface area contributed by atoms with E-state index in [4.69, 9.17) is 4.98 Å². The Bertz CT molecular complexity index is 963. The van der Waals surface area contributed by atoms with Gasteiger partial charge in [0.05, 0.1) is 16.7 Å². The summed E-state index contributed by atoms with van der Waals surface area (Å²) in [6.07, 6.45) is 1.81. The lowest BCUT2D eigenvalue weighted by atomic mass is 10.1. The van der Waals surface area contributed by atoms with E-state index >= 15 is 0 Å². The topological polar surface area (TPSA) is 25.8 Å². The van der Waals surface area contributed by atoms with Gasteiger partial charge >= 0.3 is 0 Å². The highest BCUT2D eigenvalue weighted by atomic mass is 79.9. The molecule has 0 N–H and O–H groups in total. The van der Waals surface area contributed by atoms with Crippen molar-refractivity contribution >= 4 is 37.7 Å². The van der Waals surface area contributed by atoms with Crippen LogP contribution in [-0.4, -0.2) is 9.97 Å². The Morgan fingerprint density at radius 3 is 2.43 bits per heavy atom. The molecule has 0 spiro atoms. The van der Waals surface area contributed by atoms with E-state index in [1.165, 1.54) is 0 Å². The standard InChI is InChI=1S/C18H11BrN2/c19-15-5-1-3-14(11-15)16-9-8-13-7-6-12-4-2-10-20-17(12)18(13)21-16/h1-11H. The third-order valence-electron chi connectivity index (χ3n) is 3.55. The van der Waals surface area contributed by atoms with E-state index in [1.54, 1.807) is 0 Å². The molecule has 100 valence electrons. The largest absolute Gasteiger partial charge is 0.254 e. The molecule has 4 aromatic rings. The first-order valence-corrected chi connectivity index (χ1v) is 7.51. The van der Waals surface area contributed by atoms with E-state index in [2.05, 4.69) is 63.4 Å². The van der Waals surface area contributed by atoms with E-state index < -0.39 is 0 Å². The van der Waals surface area contributed by atoms with Crippen LogP contribution in [0.3, 0.4) is 0 Å². The Morgan fingerprint density at radius 1 is 0.762 bits per heavy atom. The molecule has 0 aliphatic heterocycles. The molecule has 0 amide bonds. The molecule has 3 heteroatoms. The van der Waals surface area contributed by atoms with Crippen molar-refractivity contribution in [2.75, 3.05) is 0 Å². The molecule has 21 heavy (non-hydrogen) atoms. The summed E-state index contributed by atoms with van der Waals surface area (Å²) in [4.78, 5) is 9.32. The van der Waals surface area contributed by atoms with Gasteiger partial charge in [0.2, 0.25) is 0 Å². The average molecular weight is 335 g/mol. The van der Waals surface area contributed by atoms with Crippen molar-refractivity contribution in [1.82, 2.24) is 9.97 Å². The van der Waals surface area contributed by atoms with Crippen molar-refractivity contribution in [3.63, 3.8) is 0 Å². The SMILES string of the molecule is Brc1cccc(-c2ccc3ccc4cccnc4c3n2)c1. The van der Waals surface area contributed by atoms with Crippen molar-refractivity contribution in [3.8, 4) is 11.3 Å². The predicted octanol–water partition coefficient (Wildman–Crippen LogP) is 5.21. The molecule has 0 unspecified atom stereocenters. The van der Waals surface area contributed by atoms with Crippen molar-refractivity contribution in [2.24, 2.45) is 0 Å². The highest BCUT2D eigenvalue weighted by Crippen LogP contribution is 2.27. The van der Waals surface area contributed by atoms with Crippen molar-refractivity contribution in [3.05, 3.63) is 71.3 Å². The van der Waals surface area contributed by atoms with Crippen LogP contribution in [0, 0.1) is 0 Å². The summed E-state index contributed by atoms with van der Waals surface area (Å²) in [6, 6.07) is 20.5. The highest BCUT2D eigenvalue weighted by molar-refractivity contribution is 9.10. The molecule has 0 aliphatic rings. The average Bonchev–Trinajstić information content (AvgIpc) is 2.54.